The van der Waals surface area contributed by atoms with Crippen LogP contribution in [0.15, 0.2) is 91.0 Å². The van der Waals surface area contributed by atoms with E-state index in [1.807, 2.05) is 49.4 Å². The summed E-state index contributed by atoms with van der Waals surface area (Å²) in [6.07, 6.45) is 1.71. The monoisotopic (exact) mass is 532 g/mol. The summed E-state index contributed by atoms with van der Waals surface area (Å²) in [4.78, 5) is 12.4. The number of amides is 1. The van der Waals surface area contributed by atoms with Crippen molar-refractivity contribution in [1.29, 1.82) is 5.26 Å². The second kappa shape index (κ2) is 12.0. The van der Waals surface area contributed by atoms with Gasteiger partial charge in [0.2, 0.25) is 5.13 Å². The van der Waals surface area contributed by atoms with Gasteiger partial charge in [0.15, 0.2) is 16.5 Å². The summed E-state index contributed by atoms with van der Waals surface area (Å²) < 4.78 is 12.0. The third kappa shape index (κ3) is 6.12. The van der Waals surface area contributed by atoms with Gasteiger partial charge in [0.1, 0.15) is 12.7 Å². The number of anilines is 1. The normalized spacial score (nSPS) is 11.1. The van der Waals surface area contributed by atoms with E-state index >= 15 is 0 Å². The van der Waals surface area contributed by atoms with Crippen LogP contribution in [0.3, 0.4) is 0 Å². The number of benzene rings is 4. The third-order valence-corrected chi connectivity index (χ3v) is 6.75. The number of nitriles is 1. The van der Waals surface area contributed by atoms with Gasteiger partial charge in [-0.25, -0.2) is 0 Å². The standard InChI is InChI=1S/C31H24N4O3S/c1-2-37-28-18-21(15-16-27(28)38-20-24-13-8-12-22-9-6-7-14-26(22)24)17-25(19-32)30-34-35-31(39-30)33-29(36)23-10-4-3-5-11-23/h3-18H,2,20H2,1H3,(H,33,35,36). The Morgan fingerprint density at radius 1 is 0.949 bits per heavy atom. The van der Waals surface area contributed by atoms with Gasteiger partial charge in [-0.2, -0.15) is 5.26 Å². The number of carbonyl (C=O) groups excluding carboxylic acids is 1. The van der Waals surface area contributed by atoms with Crippen molar-refractivity contribution in [2.45, 2.75) is 13.5 Å². The predicted molar refractivity (Wildman–Crippen MR) is 154 cm³/mol. The summed E-state index contributed by atoms with van der Waals surface area (Å²) in [5, 5.41) is 23.7. The van der Waals surface area contributed by atoms with Crippen molar-refractivity contribution >= 4 is 44.8 Å². The van der Waals surface area contributed by atoms with E-state index < -0.39 is 0 Å². The molecule has 192 valence electrons. The van der Waals surface area contributed by atoms with E-state index in [1.54, 1.807) is 30.3 Å². The molecule has 7 nitrogen and oxygen atoms in total. The average Bonchev–Trinajstić information content (AvgIpc) is 3.44. The van der Waals surface area contributed by atoms with Gasteiger partial charge in [-0.1, -0.05) is 78.1 Å². The van der Waals surface area contributed by atoms with Gasteiger partial charge >= 0.3 is 0 Å². The first-order valence-electron chi connectivity index (χ1n) is 12.3. The quantitative estimate of drug-likeness (QED) is 0.206. The molecule has 0 aliphatic carbocycles. The van der Waals surface area contributed by atoms with Gasteiger partial charge in [0.25, 0.3) is 5.91 Å². The molecular weight excluding hydrogens is 508 g/mol. The van der Waals surface area contributed by atoms with Gasteiger partial charge in [0, 0.05) is 5.56 Å². The number of carbonyl (C=O) groups is 1. The predicted octanol–water partition coefficient (Wildman–Crippen LogP) is 6.99. The maximum atomic E-state index is 12.4. The number of hydrogen-bond donors (Lipinski definition) is 1. The Hall–Kier alpha value is -5.00. The second-order valence-corrected chi connectivity index (χ2v) is 9.45. The van der Waals surface area contributed by atoms with Crippen LogP contribution in [-0.2, 0) is 6.61 Å². The number of hydrogen-bond acceptors (Lipinski definition) is 7. The van der Waals surface area contributed by atoms with Gasteiger partial charge < -0.3 is 9.47 Å². The highest BCUT2D eigenvalue weighted by Gasteiger charge is 2.14. The molecule has 8 heteroatoms. The van der Waals surface area contributed by atoms with E-state index in [4.69, 9.17) is 9.47 Å². The van der Waals surface area contributed by atoms with Crippen molar-refractivity contribution in [3.8, 4) is 17.6 Å². The van der Waals surface area contributed by atoms with Gasteiger partial charge in [-0.3, -0.25) is 10.1 Å². The lowest BCUT2D eigenvalue weighted by molar-refractivity contribution is 0.102. The Balaban J connectivity index is 1.34. The van der Waals surface area contributed by atoms with Crippen LogP contribution in [0.5, 0.6) is 11.5 Å². The number of fused-ring (bicyclic) bond motifs is 1. The molecular formula is C31H24N4O3S. The number of nitrogens with one attached hydrogen (secondary N) is 1. The zero-order valence-corrected chi connectivity index (χ0v) is 21.9. The lowest BCUT2D eigenvalue weighted by atomic mass is 10.1. The van der Waals surface area contributed by atoms with Crippen molar-refractivity contribution in [2.75, 3.05) is 11.9 Å². The zero-order valence-electron chi connectivity index (χ0n) is 21.1. The molecule has 1 aromatic heterocycles. The van der Waals surface area contributed by atoms with Crippen LogP contribution in [0.4, 0.5) is 5.13 Å². The lowest BCUT2D eigenvalue weighted by Gasteiger charge is -2.14. The minimum Gasteiger partial charge on any atom is -0.490 e. The van der Waals surface area contributed by atoms with Crippen LogP contribution in [0, 0.1) is 11.3 Å². The Morgan fingerprint density at radius 3 is 2.56 bits per heavy atom. The minimum atomic E-state index is -0.291. The molecule has 0 unspecified atom stereocenters. The van der Waals surface area contributed by atoms with E-state index in [0.717, 1.165) is 33.2 Å². The highest BCUT2D eigenvalue weighted by atomic mass is 32.1. The maximum Gasteiger partial charge on any atom is 0.257 e. The van der Waals surface area contributed by atoms with Gasteiger partial charge in [-0.15, -0.1) is 10.2 Å². The summed E-state index contributed by atoms with van der Waals surface area (Å²) in [6.45, 7) is 2.76. The Labute approximate surface area is 230 Å². The molecule has 0 atom stereocenters. The molecule has 4 aromatic carbocycles. The number of nitrogens with zero attached hydrogens (tertiary/aromatic N) is 3. The first-order chi connectivity index (χ1) is 19.1. The molecule has 0 fully saturated rings. The van der Waals surface area contributed by atoms with E-state index in [9.17, 15) is 10.1 Å². The fourth-order valence-corrected chi connectivity index (χ4v) is 4.73. The summed E-state index contributed by atoms with van der Waals surface area (Å²) in [7, 11) is 0. The van der Waals surface area contributed by atoms with Crippen molar-refractivity contribution in [3.63, 3.8) is 0 Å². The Morgan fingerprint density at radius 2 is 1.74 bits per heavy atom. The molecule has 5 aromatic rings. The summed E-state index contributed by atoms with van der Waals surface area (Å²) in [6, 6.07) is 30.9. The molecule has 5 rings (SSSR count). The zero-order chi connectivity index (χ0) is 27.0. The van der Waals surface area contributed by atoms with E-state index in [2.05, 4.69) is 45.8 Å². The van der Waals surface area contributed by atoms with Crippen molar-refractivity contribution in [2.24, 2.45) is 0 Å². The van der Waals surface area contributed by atoms with Crippen LogP contribution >= 0.6 is 11.3 Å². The Bertz CT molecular complexity index is 1680. The lowest BCUT2D eigenvalue weighted by Crippen LogP contribution is -2.11. The van der Waals surface area contributed by atoms with Crippen LogP contribution in [0.2, 0.25) is 0 Å². The number of rotatable bonds is 9. The first kappa shape index (κ1) is 25.6. The fourth-order valence-electron chi connectivity index (χ4n) is 4.03. The number of aromatic nitrogens is 2. The van der Waals surface area contributed by atoms with E-state index in [0.29, 0.717) is 46.0 Å². The maximum absolute atomic E-state index is 12.4. The first-order valence-corrected chi connectivity index (χ1v) is 13.1. The van der Waals surface area contributed by atoms with E-state index in [-0.39, 0.29) is 5.91 Å². The highest BCUT2D eigenvalue weighted by molar-refractivity contribution is 7.16. The summed E-state index contributed by atoms with van der Waals surface area (Å²) in [5.41, 5.74) is 2.66. The molecule has 1 amide bonds. The molecule has 0 saturated heterocycles. The highest BCUT2D eigenvalue weighted by Crippen LogP contribution is 2.32. The molecule has 0 aliphatic rings. The molecule has 1 heterocycles. The molecule has 0 aliphatic heterocycles. The molecule has 0 bridgehead atoms. The van der Waals surface area contributed by atoms with Crippen LogP contribution in [0.1, 0.15) is 33.4 Å². The van der Waals surface area contributed by atoms with Crippen LogP contribution in [-0.4, -0.2) is 22.7 Å². The molecule has 1 N–H and O–H groups in total. The summed E-state index contributed by atoms with van der Waals surface area (Å²) >= 11 is 1.13. The topological polar surface area (TPSA) is 97.1 Å². The van der Waals surface area contributed by atoms with Crippen molar-refractivity contribution in [3.05, 3.63) is 113 Å². The third-order valence-electron chi connectivity index (χ3n) is 5.87. The van der Waals surface area contributed by atoms with Crippen LogP contribution in [0.25, 0.3) is 22.4 Å². The van der Waals surface area contributed by atoms with Crippen molar-refractivity contribution in [1.82, 2.24) is 10.2 Å². The van der Waals surface area contributed by atoms with Gasteiger partial charge in [0.05, 0.1) is 12.2 Å². The van der Waals surface area contributed by atoms with Crippen LogP contribution < -0.4 is 14.8 Å². The minimum absolute atomic E-state index is 0.291. The second-order valence-electron chi connectivity index (χ2n) is 8.47. The molecule has 0 spiro atoms. The van der Waals surface area contributed by atoms with Gasteiger partial charge in [-0.05, 0) is 59.2 Å². The smallest absolute Gasteiger partial charge is 0.257 e. The average molecular weight is 533 g/mol. The Kier molecular flexibility index (Phi) is 7.91. The largest absolute Gasteiger partial charge is 0.490 e. The van der Waals surface area contributed by atoms with E-state index in [1.165, 1.54) is 0 Å². The SMILES string of the molecule is CCOc1cc(C=C(C#N)c2nnc(NC(=O)c3ccccc3)s2)ccc1OCc1cccc2ccccc12. The number of allylic oxidation sites excluding steroid dienone is 1. The summed E-state index contributed by atoms with van der Waals surface area (Å²) in [5.74, 6) is 0.903. The van der Waals surface area contributed by atoms with Crippen molar-refractivity contribution < 1.29 is 14.3 Å². The number of ether oxygens (including phenoxy) is 2. The molecule has 39 heavy (non-hydrogen) atoms. The molecule has 0 saturated carbocycles. The molecule has 0 radical (unpaired) electrons. The fraction of sp³-hybridized carbons (Fsp3) is 0.0968.